The van der Waals surface area contributed by atoms with E-state index in [-0.39, 0.29) is 6.61 Å². The van der Waals surface area contributed by atoms with Crippen LogP contribution >= 0.6 is 11.6 Å². The second-order valence-electron chi connectivity index (χ2n) is 2.79. The first-order valence-corrected chi connectivity index (χ1v) is 4.71. The molecular formula is C10H11ClO4. The van der Waals surface area contributed by atoms with Crippen LogP contribution in [0.2, 0.25) is 0 Å². The lowest BCUT2D eigenvalue weighted by atomic mass is 10.3. The second kappa shape index (κ2) is 5.46. The van der Waals surface area contributed by atoms with Gasteiger partial charge in [-0.05, 0) is 24.3 Å². The van der Waals surface area contributed by atoms with Crippen molar-refractivity contribution in [2.75, 3.05) is 13.7 Å². The third-order valence-corrected chi connectivity index (χ3v) is 2.04. The number of hydrogen-bond acceptors (Lipinski definition) is 3. The Morgan fingerprint density at radius 2 is 1.93 bits per heavy atom. The average Bonchev–Trinajstić information content (AvgIpc) is 2.26. The van der Waals surface area contributed by atoms with Gasteiger partial charge in [-0.25, -0.2) is 0 Å². The van der Waals surface area contributed by atoms with Crippen molar-refractivity contribution in [1.82, 2.24) is 0 Å². The van der Waals surface area contributed by atoms with E-state index in [4.69, 9.17) is 26.2 Å². The largest absolute Gasteiger partial charge is 0.497 e. The van der Waals surface area contributed by atoms with Crippen LogP contribution in [0.5, 0.6) is 11.5 Å². The molecule has 0 saturated heterocycles. The van der Waals surface area contributed by atoms with Crippen molar-refractivity contribution >= 4 is 17.6 Å². The van der Waals surface area contributed by atoms with Crippen molar-refractivity contribution in [2.45, 2.75) is 5.38 Å². The molecule has 1 unspecified atom stereocenters. The minimum absolute atomic E-state index is 0.0663. The minimum atomic E-state index is -1.09. The quantitative estimate of drug-likeness (QED) is 0.784. The number of ether oxygens (including phenoxy) is 2. The van der Waals surface area contributed by atoms with Crippen LogP contribution in [0.1, 0.15) is 0 Å². The van der Waals surface area contributed by atoms with Gasteiger partial charge in [-0.2, -0.15) is 0 Å². The molecule has 0 bridgehead atoms. The summed E-state index contributed by atoms with van der Waals surface area (Å²) in [5.41, 5.74) is 0. The number of hydrogen-bond donors (Lipinski definition) is 1. The molecule has 0 aromatic heterocycles. The molecule has 82 valence electrons. The SMILES string of the molecule is COc1ccc(OCC(Cl)C(=O)O)cc1. The van der Waals surface area contributed by atoms with E-state index >= 15 is 0 Å². The molecule has 0 aliphatic rings. The Hall–Kier alpha value is -1.42. The highest BCUT2D eigenvalue weighted by molar-refractivity contribution is 6.29. The number of rotatable bonds is 5. The van der Waals surface area contributed by atoms with Gasteiger partial charge in [0.25, 0.3) is 0 Å². The lowest BCUT2D eigenvalue weighted by Crippen LogP contribution is -2.21. The van der Waals surface area contributed by atoms with Gasteiger partial charge >= 0.3 is 5.97 Å². The zero-order valence-corrected chi connectivity index (χ0v) is 8.90. The second-order valence-corrected chi connectivity index (χ2v) is 3.32. The number of carboxylic acids is 1. The number of benzene rings is 1. The van der Waals surface area contributed by atoms with E-state index in [2.05, 4.69) is 0 Å². The fourth-order valence-corrected chi connectivity index (χ4v) is 0.976. The zero-order valence-electron chi connectivity index (χ0n) is 8.14. The molecule has 0 amide bonds. The molecule has 0 aliphatic carbocycles. The molecule has 15 heavy (non-hydrogen) atoms. The van der Waals surface area contributed by atoms with Gasteiger partial charge < -0.3 is 14.6 Å². The van der Waals surface area contributed by atoms with Crippen molar-refractivity contribution in [2.24, 2.45) is 0 Å². The molecule has 0 saturated carbocycles. The Kier molecular flexibility index (Phi) is 4.24. The first-order chi connectivity index (χ1) is 7.13. The molecule has 0 aliphatic heterocycles. The summed E-state index contributed by atoms with van der Waals surface area (Å²) >= 11 is 5.47. The predicted octanol–water partition coefficient (Wildman–Crippen LogP) is 1.77. The first kappa shape index (κ1) is 11.7. The molecule has 5 heteroatoms. The molecule has 1 aromatic rings. The molecule has 0 radical (unpaired) electrons. The molecular weight excluding hydrogens is 220 g/mol. The average molecular weight is 231 g/mol. The summed E-state index contributed by atoms with van der Waals surface area (Å²) in [6, 6.07) is 6.81. The Bertz CT molecular complexity index is 323. The van der Waals surface area contributed by atoms with E-state index in [1.54, 1.807) is 31.4 Å². The minimum Gasteiger partial charge on any atom is -0.497 e. The van der Waals surface area contributed by atoms with Crippen LogP contribution < -0.4 is 9.47 Å². The molecule has 1 N–H and O–H groups in total. The van der Waals surface area contributed by atoms with Gasteiger partial charge in [0.15, 0.2) is 5.38 Å². The summed E-state index contributed by atoms with van der Waals surface area (Å²) in [7, 11) is 1.56. The van der Waals surface area contributed by atoms with E-state index < -0.39 is 11.3 Å². The van der Waals surface area contributed by atoms with Crippen molar-refractivity contribution in [1.29, 1.82) is 0 Å². The number of methoxy groups -OCH3 is 1. The van der Waals surface area contributed by atoms with Crippen molar-refractivity contribution < 1.29 is 19.4 Å². The highest BCUT2D eigenvalue weighted by Gasteiger charge is 2.13. The monoisotopic (exact) mass is 230 g/mol. The van der Waals surface area contributed by atoms with Crippen LogP contribution in [-0.2, 0) is 4.79 Å². The molecule has 0 spiro atoms. The van der Waals surface area contributed by atoms with Crippen LogP contribution in [0.15, 0.2) is 24.3 Å². The zero-order chi connectivity index (χ0) is 11.3. The maximum atomic E-state index is 10.4. The fraction of sp³-hybridized carbons (Fsp3) is 0.300. The van der Waals surface area contributed by atoms with Gasteiger partial charge in [0, 0.05) is 0 Å². The van der Waals surface area contributed by atoms with Crippen LogP contribution in [0, 0.1) is 0 Å². The Morgan fingerprint density at radius 1 is 1.40 bits per heavy atom. The molecule has 0 heterocycles. The first-order valence-electron chi connectivity index (χ1n) is 4.27. The van der Waals surface area contributed by atoms with Crippen LogP contribution in [0.25, 0.3) is 0 Å². The van der Waals surface area contributed by atoms with E-state index in [0.29, 0.717) is 11.5 Å². The fourth-order valence-electron chi connectivity index (χ4n) is 0.913. The third-order valence-electron chi connectivity index (χ3n) is 1.72. The third kappa shape index (κ3) is 3.67. The molecule has 1 atom stereocenters. The summed E-state index contributed by atoms with van der Waals surface area (Å²) in [5, 5.41) is 7.48. The maximum absolute atomic E-state index is 10.4. The van der Waals surface area contributed by atoms with E-state index in [0.717, 1.165) is 0 Å². The van der Waals surface area contributed by atoms with Crippen LogP contribution in [0.3, 0.4) is 0 Å². The van der Waals surface area contributed by atoms with Gasteiger partial charge in [0.2, 0.25) is 0 Å². The highest BCUT2D eigenvalue weighted by Crippen LogP contribution is 2.17. The van der Waals surface area contributed by atoms with Gasteiger partial charge in [-0.3, -0.25) is 4.79 Å². The summed E-state index contributed by atoms with van der Waals surface area (Å²) in [5.74, 6) is 0.177. The normalized spacial score (nSPS) is 11.9. The predicted molar refractivity (Wildman–Crippen MR) is 55.8 cm³/mol. The van der Waals surface area contributed by atoms with Gasteiger partial charge in [0.1, 0.15) is 18.1 Å². The van der Waals surface area contributed by atoms with E-state index in [9.17, 15) is 4.79 Å². The molecule has 0 fully saturated rings. The topological polar surface area (TPSA) is 55.8 Å². The number of carbonyl (C=O) groups is 1. The van der Waals surface area contributed by atoms with Gasteiger partial charge in [-0.1, -0.05) is 0 Å². The van der Waals surface area contributed by atoms with Gasteiger partial charge in [0.05, 0.1) is 7.11 Å². The summed E-state index contributed by atoms with van der Waals surface area (Å²) in [6.07, 6.45) is 0. The lowest BCUT2D eigenvalue weighted by Gasteiger charge is -2.08. The van der Waals surface area contributed by atoms with E-state index in [1.807, 2.05) is 0 Å². The summed E-state index contributed by atoms with van der Waals surface area (Å²) < 4.78 is 10.1. The van der Waals surface area contributed by atoms with Crippen LogP contribution in [0.4, 0.5) is 0 Å². The van der Waals surface area contributed by atoms with Crippen molar-refractivity contribution in [3.8, 4) is 11.5 Å². The van der Waals surface area contributed by atoms with Gasteiger partial charge in [-0.15, -0.1) is 11.6 Å². The Labute approximate surface area is 92.4 Å². The Balaban J connectivity index is 2.47. The molecule has 1 rings (SSSR count). The Morgan fingerprint density at radius 3 is 2.40 bits per heavy atom. The lowest BCUT2D eigenvalue weighted by molar-refractivity contribution is -0.137. The smallest absolute Gasteiger partial charge is 0.325 e. The van der Waals surface area contributed by atoms with Crippen molar-refractivity contribution in [3.05, 3.63) is 24.3 Å². The van der Waals surface area contributed by atoms with Crippen molar-refractivity contribution in [3.63, 3.8) is 0 Å². The molecule has 1 aromatic carbocycles. The molecule has 4 nitrogen and oxygen atoms in total. The summed E-state index contributed by atoms with van der Waals surface area (Å²) in [6.45, 7) is -0.0663. The van der Waals surface area contributed by atoms with E-state index in [1.165, 1.54) is 0 Å². The summed E-state index contributed by atoms with van der Waals surface area (Å²) in [4.78, 5) is 10.4. The van der Waals surface area contributed by atoms with Crippen LogP contribution in [-0.4, -0.2) is 30.2 Å². The standard InChI is InChI=1S/C10H11ClO4/c1-14-7-2-4-8(5-3-7)15-6-9(11)10(12)13/h2-5,9H,6H2,1H3,(H,12,13). The number of aliphatic carboxylic acids is 1. The highest BCUT2D eigenvalue weighted by atomic mass is 35.5. The number of halogens is 1. The number of carboxylic acid groups (broad SMARTS) is 1. The maximum Gasteiger partial charge on any atom is 0.325 e. The number of alkyl halides is 1.